The molecule has 3 rings (SSSR count). The van der Waals surface area contributed by atoms with Crippen molar-refractivity contribution in [2.24, 2.45) is 5.92 Å². The topological polar surface area (TPSA) is 83.6 Å². The first kappa shape index (κ1) is 12.0. The molecule has 1 aliphatic heterocycles. The first-order chi connectivity index (χ1) is 9.20. The number of aryl methyl sites for hydroxylation is 1. The van der Waals surface area contributed by atoms with E-state index in [0.717, 1.165) is 12.1 Å². The van der Waals surface area contributed by atoms with E-state index in [1.165, 1.54) is 6.33 Å². The Balaban J connectivity index is 1.91. The van der Waals surface area contributed by atoms with Crippen molar-refractivity contribution in [1.82, 2.24) is 24.5 Å². The Labute approximate surface area is 109 Å². The number of nitrogens with zero attached hydrogens (tertiary/aromatic N) is 5. The van der Waals surface area contributed by atoms with Crippen LogP contribution in [0, 0.1) is 12.8 Å². The minimum Gasteiger partial charge on any atom is -0.396 e. The van der Waals surface area contributed by atoms with Crippen LogP contribution in [0.5, 0.6) is 0 Å². The maximum atomic E-state index is 12.4. The van der Waals surface area contributed by atoms with Crippen molar-refractivity contribution in [1.29, 1.82) is 0 Å². The number of likely N-dealkylation sites (tertiary alicyclic amines) is 1. The van der Waals surface area contributed by atoms with Gasteiger partial charge in [0.25, 0.3) is 11.7 Å². The first-order valence-electron chi connectivity index (χ1n) is 6.26. The van der Waals surface area contributed by atoms with E-state index in [4.69, 9.17) is 5.11 Å². The number of carbonyl (C=O) groups is 1. The molecule has 100 valence electrons. The molecular formula is C12H15N5O2. The number of fused-ring (bicyclic) bond motifs is 1. The second kappa shape index (κ2) is 4.58. The normalized spacial score (nSPS) is 19.3. The van der Waals surface area contributed by atoms with E-state index in [1.807, 2.05) is 6.92 Å². The Hall–Kier alpha value is -2.02. The highest BCUT2D eigenvalue weighted by Gasteiger charge is 2.28. The van der Waals surface area contributed by atoms with Crippen LogP contribution in [0.2, 0.25) is 0 Å². The minimum absolute atomic E-state index is 0.0571. The number of amides is 1. The molecule has 1 atom stereocenters. The number of aliphatic hydroxyl groups excluding tert-OH is 1. The standard InChI is InChI=1S/C12H15N5O2/c1-8-10(4-13-12-14-7-15-17(8)12)11(19)16-3-2-9(5-16)6-18/h4,7,9,18H,2-3,5-6H2,1H3. The quantitative estimate of drug-likeness (QED) is 0.815. The van der Waals surface area contributed by atoms with Gasteiger partial charge >= 0.3 is 0 Å². The summed E-state index contributed by atoms with van der Waals surface area (Å²) in [6, 6.07) is 0. The summed E-state index contributed by atoms with van der Waals surface area (Å²) in [4.78, 5) is 22.3. The molecule has 1 unspecified atom stereocenters. The molecule has 1 saturated heterocycles. The average Bonchev–Trinajstić information content (AvgIpc) is 3.07. The zero-order valence-electron chi connectivity index (χ0n) is 10.7. The summed E-state index contributed by atoms with van der Waals surface area (Å²) >= 11 is 0. The fourth-order valence-electron chi connectivity index (χ4n) is 2.44. The number of rotatable bonds is 2. The molecule has 7 heteroatoms. The van der Waals surface area contributed by atoms with Gasteiger partial charge < -0.3 is 10.0 Å². The molecule has 0 saturated carbocycles. The third kappa shape index (κ3) is 1.95. The fourth-order valence-corrected chi connectivity index (χ4v) is 2.44. The van der Waals surface area contributed by atoms with Gasteiger partial charge in [0, 0.05) is 31.8 Å². The lowest BCUT2D eigenvalue weighted by molar-refractivity contribution is 0.0780. The van der Waals surface area contributed by atoms with Crippen LogP contribution in [0.15, 0.2) is 12.5 Å². The van der Waals surface area contributed by atoms with Gasteiger partial charge in [-0.05, 0) is 13.3 Å². The minimum atomic E-state index is -0.0571. The average molecular weight is 261 g/mol. The third-order valence-electron chi connectivity index (χ3n) is 3.61. The zero-order chi connectivity index (χ0) is 13.4. The molecule has 0 spiro atoms. The molecule has 0 bridgehead atoms. The highest BCUT2D eigenvalue weighted by Crippen LogP contribution is 2.19. The van der Waals surface area contributed by atoms with Crippen LogP contribution in [-0.4, -0.2) is 55.2 Å². The number of aromatic nitrogens is 4. The van der Waals surface area contributed by atoms with Gasteiger partial charge in [-0.15, -0.1) is 0 Å². The predicted octanol–water partition coefficient (Wildman–Crippen LogP) is -0.113. The molecule has 0 radical (unpaired) electrons. The van der Waals surface area contributed by atoms with Gasteiger partial charge in [0.15, 0.2) is 0 Å². The molecule has 7 nitrogen and oxygen atoms in total. The molecule has 1 aliphatic rings. The summed E-state index contributed by atoms with van der Waals surface area (Å²) in [7, 11) is 0. The number of hydrogen-bond acceptors (Lipinski definition) is 5. The van der Waals surface area contributed by atoms with Crippen LogP contribution < -0.4 is 0 Å². The number of aliphatic hydroxyl groups is 1. The van der Waals surface area contributed by atoms with Crippen molar-refractivity contribution in [2.75, 3.05) is 19.7 Å². The maximum Gasteiger partial charge on any atom is 0.257 e. The molecular weight excluding hydrogens is 246 g/mol. The van der Waals surface area contributed by atoms with Crippen LogP contribution in [-0.2, 0) is 0 Å². The fraction of sp³-hybridized carbons (Fsp3) is 0.500. The maximum absolute atomic E-state index is 12.4. The van der Waals surface area contributed by atoms with Crippen molar-refractivity contribution in [3.63, 3.8) is 0 Å². The molecule has 0 aromatic carbocycles. The van der Waals surface area contributed by atoms with Gasteiger partial charge in [0.05, 0.1) is 11.3 Å². The number of carbonyl (C=O) groups excluding carboxylic acids is 1. The smallest absolute Gasteiger partial charge is 0.257 e. The van der Waals surface area contributed by atoms with Gasteiger partial charge in [0.1, 0.15) is 6.33 Å². The molecule has 1 N–H and O–H groups in total. The van der Waals surface area contributed by atoms with Crippen LogP contribution in [0.25, 0.3) is 5.78 Å². The molecule has 1 amide bonds. The summed E-state index contributed by atoms with van der Waals surface area (Å²) in [5, 5.41) is 13.2. The van der Waals surface area contributed by atoms with Crippen LogP contribution in [0.1, 0.15) is 22.5 Å². The monoisotopic (exact) mass is 261 g/mol. The molecule has 0 aliphatic carbocycles. The van der Waals surface area contributed by atoms with Crippen LogP contribution >= 0.6 is 0 Å². The highest BCUT2D eigenvalue weighted by atomic mass is 16.3. The highest BCUT2D eigenvalue weighted by molar-refractivity contribution is 5.95. The lowest BCUT2D eigenvalue weighted by Gasteiger charge is -2.17. The van der Waals surface area contributed by atoms with Crippen molar-refractivity contribution in [3.8, 4) is 0 Å². The van der Waals surface area contributed by atoms with Gasteiger partial charge in [-0.3, -0.25) is 4.79 Å². The summed E-state index contributed by atoms with van der Waals surface area (Å²) in [5.41, 5.74) is 1.27. The Morgan fingerprint density at radius 1 is 1.53 bits per heavy atom. The van der Waals surface area contributed by atoms with Gasteiger partial charge in [-0.25, -0.2) is 9.50 Å². The van der Waals surface area contributed by atoms with Gasteiger partial charge in [-0.1, -0.05) is 0 Å². The van der Waals surface area contributed by atoms with E-state index in [2.05, 4.69) is 15.1 Å². The number of hydrogen-bond donors (Lipinski definition) is 1. The Kier molecular flexibility index (Phi) is 2.90. The second-order valence-electron chi connectivity index (χ2n) is 4.82. The largest absolute Gasteiger partial charge is 0.396 e. The van der Waals surface area contributed by atoms with Crippen molar-refractivity contribution in [2.45, 2.75) is 13.3 Å². The molecule has 2 aromatic heterocycles. The van der Waals surface area contributed by atoms with E-state index < -0.39 is 0 Å². The molecule has 1 fully saturated rings. The van der Waals surface area contributed by atoms with Gasteiger partial charge in [0.2, 0.25) is 0 Å². The zero-order valence-corrected chi connectivity index (χ0v) is 10.7. The van der Waals surface area contributed by atoms with Crippen molar-refractivity contribution in [3.05, 3.63) is 23.8 Å². The van der Waals surface area contributed by atoms with E-state index in [0.29, 0.717) is 24.4 Å². The molecule has 3 heterocycles. The SMILES string of the molecule is Cc1c(C(=O)N2CCC(CO)C2)cnc2ncnn12. The lowest BCUT2D eigenvalue weighted by Crippen LogP contribution is -2.30. The van der Waals surface area contributed by atoms with Crippen LogP contribution in [0.3, 0.4) is 0 Å². The predicted molar refractivity (Wildman–Crippen MR) is 66.6 cm³/mol. The van der Waals surface area contributed by atoms with Crippen molar-refractivity contribution < 1.29 is 9.90 Å². The second-order valence-corrected chi connectivity index (χ2v) is 4.82. The van der Waals surface area contributed by atoms with E-state index in [1.54, 1.807) is 15.6 Å². The summed E-state index contributed by atoms with van der Waals surface area (Å²) < 4.78 is 1.56. The van der Waals surface area contributed by atoms with E-state index in [-0.39, 0.29) is 18.4 Å². The van der Waals surface area contributed by atoms with Crippen LogP contribution in [0.4, 0.5) is 0 Å². The van der Waals surface area contributed by atoms with Gasteiger partial charge in [-0.2, -0.15) is 10.1 Å². The summed E-state index contributed by atoms with van der Waals surface area (Å²) in [5.74, 6) is 0.620. The molecule has 19 heavy (non-hydrogen) atoms. The third-order valence-corrected chi connectivity index (χ3v) is 3.61. The Bertz CT molecular complexity index is 624. The summed E-state index contributed by atoms with van der Waals surface area (Å²) in [6.07, 6.45) is 3.81. The van der Waals surface area contributed by atoms with Crippen molar-refractivity contribution >= 4 is 11.7 Å². The summed E-state index contributed by atoms with van der Waals surface area (Å²) in [6.45, 7) is 3.24. The van der Waals surface area contributed by atoms with E-state index >= 15 is 0 Å². The first-order valence-corrected chi connectivity index (χ1v) is 6.26. The Morgan fingerprint density at radius 2 is 2.37 bits per heavy atom. The van der Waals surface area contributed by atoms with E-state index in [9.17, 15) is 4.79 Å². The molecule has 2 aromatic rings. The lowest BCUT2D eigenvalue weighted by atomic mass is 10.1. The Morgan fingerprint density at radius 3 is 3.11 bits per heavy atom.